The van der Waals surface area contributed by atoms with Gasteiger partial charge >= 0.3 is 0 Å². The van der Waals surface area contributed by atoms with Crippen LogP contribution in [0.2, 0.25) is 0 Å². The molecule has 0 bridgehead atoms. The molecule has 9 heteroatoms. The smallest absolute Gasteiger partial charge is 0.225 e. The molecule has 2 aromatic rings. The molecule has 1 aromatic heterocycles. The fraction of sp³-hybridized carbons (Fsp3) is 0.455. The van der Waals surface area contributed by atoms with Crippen LogP contribution >= 0.6 is 24.0 Å². The summed E-state index contributed by atoms with van der Waals surface area (Å²) in [5.74, 6) is 1.67. The molecule has 168 valence electrons. The highest BCUT2D eigenvalue weighted by atomic mass is 127. The topological polar surface area (TPSA) is 77.0 Å². The fourth-order valence-electron chi connectivity index (χ4n) is 3.48. The van der Waals surface area contributed by atoms with E-state index in [0.29, 0.717) is 26.1 Å². The van der Waals surface area contributed by atoms with Gasteiger partial charge in [-0.25, -0.2) is 9.97 Å². The lowest BCUT2D eigenvalue weighted by atomic mass is 10.1. The molecule has 1 aliphatic rings. The van der Waals surface area contributed by atoms with Gasteiger partial charge in [-0.1, -0.05) is 29.8 Å². The van der Waals surface area contributed by atoms with E-state index in [-0.39, 0.29) is 29.9 Å². The maximum absolute atomic E-state index is 12.6. The third-order valence-electron chi connectivity index (χ3n) is 5.20. The number of benzene rings is 1. The Balaban J connectivity index is 0.00000341. The number of aliphatic imine (C=N–C) groups is 1. The van der Waals surface area contributed by atoms with Gasteiger partial charge in [0.25, 0.3) is 0 Å². The van der Waals surface area contributed by atoms with Crippen molar-refractivity contribution < 1.29 is 4.79 Å². The van der Waals surface area contributed by atoms with Crippen LogP contribution in [-0.4, -0.2) is 78.5 Å². The number of anilines is 1. The number of hydrogen-bond donors (Lipinski definition) is 1. The molecule has 1 aliphatic heterocycles. The zero-order valence-corrected chi connectivity index (χ0v) is 20.8. The summed E-state index contributed by atoms with van der Waals surface area (Å²) >= 11 is 0. The van der Waals surface area contributed by atoms with Crippen LogP contribution in [0.15, 0.2) is 47.7 Å². The third-order valence-corrected chi connectivity index (χ3v) is 5.20. The Morgan fingerprint density at radius 2 is 1.77 bits per heavy atom. The predicted molar refractivity (Wildman–Crippen MR) is 135 cm³/mol. The molecule has 1 amide bonds. The fourth-order valence-corrected chi connectivity index (χ4v) is 3.48. The Bertz CT molecular complexity index is 837. The van der Waals surface area contributed by atoms with E-state index in [0.717, 1.165) is 31.5 Å². The van der Waals surface area contributed by atoms with Crippen LogP contribution in [0.4, 0.5) is 5.95 Å². The van der Waals surface area contributed by atoms with Crippen molar-refractivity contribution in [2.45, 2.75) is 19.9 Å². The molecule has 0 atom stereocenters. The van der Waals surface area contributed by atoms with Gasteiger partial charge in [-0.3, -0.25) is 9.79 Å². The van der Waals surface area contributed by atoms with Crippen molar-refractivity contribution in [3.05, 3.63) is 53.9 Å². The van der Waals surface area contributed by atoms with Crippen LogP contribution in [-0.2, 0) is 11.3 Å². The zero-order valence-electron chi connectivity index (χ0n) is 18.5. The molecule has 0 radical (unpaired) electrons. The lowest BCUT2D eigenvalue weighted by Crippen LogP contribution is -2.50. The number of halogens is 1. The standard InChI is InChI=1S/C22H31N7O.HI/c1-18-5-7-19(8-6-18)17-27(3)21(23-2)26-12-9-20(30)28-13-15-29(16-14-28)22-24-10-4-11-25-22;/h4-8,10-11H,9,12-17H2,1-3H3,(H,23,26);1H. The summed E-state index contributed by atoms with van der Waals surface area (Å²) in [6.07, 6.45) is 3.93. The van der Waals surface area contributed by atoms with Gasteiger partial charge in [0.15, 0.2) is 5.96 Å². The lowest BCUT2D eigenvalue weighted by Gasteiger charge is -2.34. The quantitative estimate of drug-likeness (QED) is 0.346. The van der Waals surface area contributed by atoms with Gasteiger partial charge in [-0.2, -0.15) is 0 Å². The van der Waals surface area contributed by atoms with Crippen molar-refractivity contribution in [1.82, 2.24) is 25.1 Å². The molecule has 1 fully saturated rings. The highest BCUT2D eigenvalue weighted by molar-refractivity contribution is 14.0. The Morgan fingerprint density at radius 1 is 1.13 bits per heavy atom. The first-order chi connectivity index (χ1) is 14.6. The number of aromatic nitrogens is 2. The summed E-state index contributed by atoms with van der Waals surface area (Å²) in [7, 11) is 3.77. The number of nitrogens with zero attached hydrogens (tertiary/aromatic N) is 6. The van der Waals surface area contributed by atoms with Crippen molar-refractivity contribution in [1.29, 1.82) is 0 Å². The van der Waals surface area contributed by atoms with Crippen LogP contribution < -0.4 is 10.2 Å². The highest BCUT2D eigenvalue weighted by Gasteiger charge is 2.22. The van der Waals surface area contributed by atoms with Crippen molar-refractivity contribution in [2.24, 2.45) is 4.99 Å². The minimum Gasteiger partial charge on any atom is -0.356 e. The SMILES string of the molecule is CN=C(NCCC(=O)N1CCN(c2ncccn2)CC1)N(C)Cc1ccc(C)cc1.I. The van der Waals surface area contributed by atoms with E-state index < -0.39 is 0 Å². The van der Waals surface area contributed by atoms with E-state index >= 15 is 0 Å². The van der Waals surface area contributed by atoms with Gasteiger partial charge in [0.05, 0.1) is 0 Å². The van der Waals surface area contributed by atoms with Crippen molar-refractivity contribution in [3.8, 4) is 0 Å². The summed E-state index contributed by atoms with van der Waals surface area (Å²) in [5.41, 5.74) is 2.47. The number of rotatable bonds is 6. The Morgan fingerprint density at radius 3 is 2.39 bits per heavy atom. The van der Waals surface area contributed by atoms with Gasteiger partial charge in [0.2, 0.25) is 11.9 Å². The zero-order chi connectivity index (χ0) is 21.3. The van der Waals surface area contributed by atoms with Crippen LogP contribution in [0, 0.1) is 6.92 Å². The molecule has 1 N–H and O–H groups in total. The van der Waals surface area contributed by atoms with E-state index in [1.54, 1.807) is 19.4 Å². The highest BCUT2D eigenvalue weighted by Crippen LogP contribution is 2.10. The minimum atomic E-state index is 0. The van der Waals surface area contributed by atoms with Crippen LogP contribution in [0.5, 0.6) is 0 Å². The average Bonchev–Trinajstić information content (AvgIpc) is 2.78. The Hall–Kier alpha value is -2.43. The number of guanidine groups is 1. The summed E-state index contributed by atoms with van der Waals surface area (Å²) in [4.78, 5) is 31.6. The monoisotopic (exact) mass is 537 g/mol. The molecule has 2 heterocycles. The first-order valence-corrected chi connectivity index (χ1v) is 10.3. The molecule has 3 rings (SSSR count). The van der Waals surface area contributed by atoms with E-state index in [9.17, 15) is 4.79 Å². The van der Waals surface area contributed by atoms with Gasteiger partial charge < -0.3 is 20.0 Å². The molecular formula is C22H32IN7O. The van der Waals surface area contributed by atoms with Crippen LogP contribution in [0.1, 0.15) is 17.5 Å². The van der Waals surface area contributed by atoms with Gasteiger partial charge in [-0.15, -0.1) is 24.0 Å². The first kappa shape index (κ1) is 24.8. The molecule has 0 spiro atoms. The molecule has 8 nitrogen and oxygen atoms in total. The lowest BCUT2D eigenvalue weighted by molar-refractivity contribution is -0.131. The summed E-state index contributed by atoms with van der Waals surface area (Å²) in [6, 6.07) is 10.3. The molecule has 0 aliphatic carbocycles. The first-order valence-electron chi connectivity index (χ1n) is 10.3. The molecular weight excluding hydrogens is 505 g/mol. The summed E-state index contributed by atoms with van der Waals surface area (Å²) < 4.78 is 0. The molecule has 0 saturated carbocycles. The van der Waals surface area contributed by atoms with Gasteiger partial charge in [-0.05, 0) is 18.6 Å². The van der Waals surface area contributed by atoms with Gasteiger partial charge in [0, 0.05) is 72.2 Å². The number of aryl methyl sites for hydroxylation is 1. The van der Waals surface area contributed by atoms with Crippen LogP contribution in [0.25, 0.3) is 0 Å². The van der Waals surface area contributed by atoms with Gasteiger partial charge in [0.1, 0.15) is 0 Å². The third kappa shape index (κ3) is 7.34. The average molecular weight is 537 g/mol. The van der Waals surface area contributed by atoms with Crippen molar-refractivity contribution >= 4 is 41.8 Å². The maximum atomic E-state index is 12.6. The van der Waals surface area contributed by atoms with E-state index in [2.05, 4.69) is 61.3 Å². The second-order valence-electron chi connectivity index (χ2n) is 7.48. The van der Waals surface area contributed by atoms with E-state index in [1.807, 2.05) is 18.0 Å². The maximum Gasteiger partial charge on any atom is 0.225 e. The van der Waals surface area contributed by atoms with Crippen molar-refractivity contribution in [2.75, 3.05) is 51.7 Å². The number of carbonyl (C=O) groups is 1. The Labute approximate surface area is 201 Å². The normalized spacial score (nSPS) is 14.1. The largest absolute Gasteiger partial charge is 0.356 e. The second-order valence-corrected chi connectivity index (χ2v) is 7.48. The summed E-state index contributed by atoms with van der Waals surface area (Å²) in [5, 5.41) is 3.30. The second kappa shape index (κ2) is 12.4. The molecule has 0 unspecified atom stereocenters. The summed E-state index contributed by atoms with van der Waals surface area (Å²) in [6.45, 7) is 6.30. The van der Waals surface area contributed by atoms with Crippen molar-refractivity contribution in [3.63, 3.8) is 0 Å². The molecule has 1 saturated heterocycles. The van der Waals surface area contributed by atoms with Crippen LogP contribution in [0.3, 0.4) is 0 Å². The van der Waals surface area contributed by atoms with E-state index in [1.165, 1.54) is 11.1 Å². The minimum absolute atomic E-state index is 0. The van der Waals surface area contributed by atoms with E-state index in [4.69, 9.17) is 0 Å². The molecule has 31 heavy (non-hydrogen) atoms. The predicted octanol–water partition coefficient (Wildman–Crippen LogP) is 2.15. The Kier molecular flexibility index (Phi) is 9.96. The number of piperazine rings is 1. The molecule has 1 aromatic carbocycles. The number of carbonyl (C=O) groups excluding carboxylic acids is 1. The number of amides is 1. The number of nitrogens with one attached hydrogen (secondary N) is 1. The number of hydrogen-bond acceptors (Lipinski definition) is 5.